The van der Waals surface area contributed by atoms with Crippen LogP contribution in [0.25, 0.3) is 0 Å². The molecule has 3 aromatic rings. The number of carbonyl (C=O) groups excluding carboxylic acids is 2. The minimum absolute atomic E-state index is 0.0272. The zero-order valence-corrected chi connectivity index (χ0v) is 26.0. The second kappa shape index (κ2) is 15.5. The predicted molar refractivity (Wildman–Crippen MR) is 165 cm³/mol. The van der Waals surface area contributed by atoms with Gasteiger partial charge in [-0.15, -0.1) is 0 Å². The molecule has 1 atom stereocenters. The lowest BCUT2D eigenvalue weighted by Gasteiger charge is -2.33. The summed E-state index contributed by atoms with van der Waals surface area (Å²) in [5.41, 5.74) is 1.00. The number of ether oxygens (including phenoxy) is 2. The molecule has 0 radical (unpaired) electrons. The van der Waals surface area contributed by atoms with Crippen LogP contribution in [0.5, 0.6) is 11.5 Å². The Balaban J connectivity index is 2.06. The summed E-state index contributed by atoms with van der Waals surface area (Å²) >= 11 is 6.02. The van der Waals surface area contributed by atoms with Gasteiger partial charge < -0.3 is 19.7 Å². The van der Waals surface area contributed by atoms with E-state index >= 15 is 0 Å². The van der Waals surface area contributed by atoms with Crippen molar-refractivity contribution in [3.63, 3.8) is 0 Å². The van der Waals surface area contributed by atoms with Crippen molar-refractivity contribution in [1.82, 2.24) is 10.2 Å². The molecule has 3 rings (SSSR count). The Hall–Kier alpha value is -3.76. The molecule has 0 bridgehead atoms. The Morgan fingerprint density at radius 1 is 0.952 bits per heavy atom. The van der Waals surface area contributed by atoms with E-state index in [1.807, 2.05) is 26.8 Å². The minimum Gasteiger partial charge on any atom is -0.497 e. The van der Waals surface area contributed by atoms with Gasteiger partial charge in [-0.3, -0.25) is 13.9 Å². The fraction of sp³-hybridized carbons (Fsp3) is 0.355. The number of benzene rings is 3. The maximum absolute atomic E-state index is 14.1. The van der Waals surface area contributed by atoms with E-state index in [0.717, 1.165) is 16.3 Å². The third-order valence-corrected chi connectivity index (χ3v) is 8.58. The van der Waals surface area contributed by atoms with E-state index < -0.39 is 28.5 Å². The molecule has 42 heavy (non-hydrogen) atoms. The van der Waals surface area contributed by atoms with E-state index in [4.69, 9.17) is 21.1 Å². The molecular weight excluding hydrogens is 578 g/mol. The zero-order chi connectivity index (χ0) is 30.7. The molecule has 0 fully saturated rings. The summed E-state index contributed by atoms with van der Waals surface area (Å²) in [6.45, 7) is 6.05. The summed E-state index contributed by atoms with van der Waals surface area (Å²) in [6, 6.07) is 18.6. The SMILES string of the molecule is CCCNC(=O)[C@H](CC)N(Cc1cccc(OC)c1)C(=O)CN(c1ccc(OCC)cc1)S(=O)(=O)c1ccc(Cl)cc1. The van der Waals surface area contributed by atoms with Crippen LogP contribution in [-0.4, -0.2) is 58.0 Å². The van der Waals surface area contributed by atoms with Crippen LogP contribution in [0, 0.1) is 0 Å². The van der Waals surface area contributed by atoms with Crippen molar-refractivity contribution < 1.29 is 27.5 Å². The Bertz CT molecular complexity index is 1430. The van der Waals surface area contributed by atoms with Crippen molar-refractivity contribution in [2.75, 3.05) is 31.1 Å². The summed E-state index contributed by atoms with van der Waals surface area (Å²) in [5, 5.41) is 3.26. The molecule has 0 heterocycles. The largest absolute Gasteiger partial charge is 0.497 e. The summed E-state index contributed by atoms with van der Waals surface area (Å²) in [5.74, 6) is 0.325. The van der Waals surface area contributed by atoms with Gasteiger partial charge >= 0.3 is 0 Å². The number of halogens is 1. The molecule has 0 aliphatic carbocycles. The second-order valence-corrected chi connectivity index (χ2v) is 11.8. The first-order chi connectivity index (χ1) is 20.1. The molecule has 11 heteroatoms. The van der Waals surface area contributed by atoms with Crippen LogP contribution in [0.15, 0.2) is 77.7 Å². The zero-order valence-electron chi connectivity index (χ0n) is 24.4. The normalized spacial score (nSPS) is 11.8. The van der Waals surface area contributed by atoms with Crippen LogP contribution in [-0.2, 0) is 26.2 Å². The fourth-order valence-corrected chi connectivity index (χ4v) is 5.93. The van der Waals surface area contributed by atoms with E-state index in [0.29, 0.717) is 36.1 Å². The van der Waals surface area contributed by atoms with Crippen LogP contribution in [0.3, 0.4) is 0 Å². The van der Waals surface area contributed by atoms with E-state index in [-0.39, 0.29) is 23.0 Å². The van der Waals surface area contributed by atoms with Gasteiger partial charge in [0.15, 0.2) is 0 Å². The van der Waals surface area contributed by atoms with Gasteiger partial charge in [0.05, 0.1) is 24.3 Å². The van der Waals surface area contributed by atoms with Gasteiger partial charge in [-0.05, 0) is 86.0 Å². The summed E-state index contributed by atoms with van der Waals surface area (Å²) < 4.78 is 39.8. The molecule has 0 unspecified atom stereocenters. The third-order valence-electron chi connectivity index (χ3n) is 6.54. The van der Waals surface area contributed by atoms with E-state index in [2.05, 4.69) is 5.32 Å². The van der Waals surface area contributed by atoms with Gasteiger partial charge in [0.2, 0.25) is 11.8 Å². The Kier molecular flexibility index (Phi) is 12.1. The molecule has 0 aliphatic heterocycles. The number of nitrogens with zero attached hydrogens (tertiary/aromatic N) is 2. The highest BCUT2D eigenvalue weighted by atomic mass is 35.5. The second-order valence-electron chi connectivity index (χ2n) is 9.48. The van der Waals surface area contributed by atoms with Crippen molar-refractivity contribution in [1.29, 1.82) is 0 Å². The van der Waals surface area contributed by atoms with Crippen LogP contribution >= 0.6 is 11.6 Å². The molecule has 9 nitrogen and oxygen atoms in total. The monoisotopic (exact) mass is 615 g/mol. The highest BCUT2D eigenvalue weighted by molar-refractivity contribution is 7.92. The third kappa shape index (κ3) is 8.39. The van der Waals surface area contributed by atoms with Gasteiger partial charge in [0, 0.05) is 18.1 Å². The van der Waals surface area contributed by atoms with Crippen LogP contribution in [0.4, 0.5) is 5.69 Å². The number of anilines is 1. The number of methoxy groups -OCH3 is 1. The van der Waals surface area contributed by atoms with Crippen molar-refractivity contribution in [3.8, 4) is 11.5 Å². The smallest absolute Gasteiger partial charge is 0.264 e. The highest BCUT2D eigenvalue weighted by Gasteiger charge is 2.33. The van der Waals surface area contributed by atoms with Crippen LogP contribution in [0.2, 0.25) is 5.02 Å². The lowest BCUT2D eigenvalue weighted by molar-refractivity contribution is -0.140. The number of sulfonamides is 1. The van der Waals surface area contributed by atoms with Gasteiger partial charge in [0.25, 0.3) is 10.0 Å². The fourth-order valence-electron chi connectivity index (χ4n) is 4.39. The van der Waals surface area contributed by atoms with E-state index in [9.17, 15) is 18.0 Å². The lowest BCUT2D eigenvalue weighted by atomic mass is 10.1. The average Bonchev–Trinajstić information content (AvgIpc) is 2.99. The summed E-state index contributed by atoms with van der Waals surface area (Å²) in [6.07, 6.45) is 1.06. The summed E-state index contributed by atoms with van der Waals surface area (Å²) in [7, 11) is -2.66. The van der Waals surface area contributed by atoms with Crippen molar-refractivity contribution in [2.24, 2.45) is 0 Å². The van der Waals surface area contributed by atoms with E-state index in [1.54, 1.807) is 49.6 Å². The van der Waals surface area contributed by atoms with Crippen molar-refractivity contribution in [2.45, 2.75) is 51.1 Å². The Morgan fingerprint density at radius 2 is 1.64 bits per heavy atom. The molecule has 1 N–H and O–H groups in total. The average molecular weight is 616 g/mol. The van der Waals surface area contributed by atoms with Gasteiger partial charge in [-0.1, -0.05) is 37.6 Å². The molecule has 0 aliphatic rings. The van der Waals surface area contributed by atoms with Crippen molar-refractivity contribution >= 4 is 39.1 Å². The molecule has 226 valence electrons. The molecule has 3 aromatic carbocycles. The number of hydrogen-bond donors (Lipinski definition) is 1. The number of nitrogens with one attached hydrogen (secondary N) is 1. The molecule has 0 saturated carbocycles. The van der Waals surface area contributed by atoms with E-state index in [1.165, 1.54) is 29.2 Å². The summed E-state index contributed by atoms with van der Waals surface area (Å²) in [4.78, 5) is 28.7. The maximum Gasteiger partial charge on any atom is 0.264 e. The number of amides is 2. The minimum atomic E-state index is -4.21. The Morgan fingerprint density at radius 3 is 2.24 bits per heavy atom. The molecule has 0 aromatic heterocycles. The van der Waals surface area contributed by atoms with Crippen molar-refractivity contribution in [3.05, 3.63) is 83.4 Å². The first kappa shape index (κ1) is 32.8. The quantitative estimate of drug-likeness (QED) is 0.250. The molecule has 0 spiro atoms. The standard InChI is InChI=1S/C31H38ClN3O6S/c1-5-19-33-31(37)29(6-2)34(21-23-9-8-10-27(20-23)40-4)30(36)22-35(25-13-15-26(16-14-25)41-7-3)42(38,39)28-17-11-24(32)12-18-28/h8-18,20,29H,5-7,19,21-22H2,1-4H3,(H,33,37)/t29-/m0/s1. The molecular formula is C31H38ClN3O6S. The molecule has 0 saturated heterocycles. The molecule has 2 amide bonds. The number of carbonyl (C=O) groups is 2. The first-order valence-electron chi connectivity index (χ1n) is 13.9. The van der Waals surface area contributed by atoms with Crippen LogP contribution in [0.1, 0.15) is 39.2 Å². The highest BCUT2D eigenvalue weighted by Crippen LogP contribution is 2.28. The van der Waals surface area contributed by atoms with Gasteiger partial charge in [-0.2, -0.15) is 0 Å². The van der Waals surface area contributed by atoms with Gasteiger partial charge in [0.1, 0.15) is 24.1 Å². The lowest BCUT2D eigenvalue weighted by Crippen LogP contribution is -2.52. The first-order valence-corrected chi connectivity index (χ1v) is 15.7. The van der Waals surface area contributed by atoms with Crippen LogP contribution < -0.4 is 19.1 Å². The number of hydrogen-bond acceptors (Lipinski definition) is 6. The maximum atomic E-state index is 14.1. The topological polar surface area (TPSA) is 105 Å². The number of rotatable bonds is 15. The van der Waals surface area contributed by atoms with Gasteiger partial charge in [-0.25, -0.2) is 8.42 Å². The predicted octanol–water partition coefficient (Wildman–Crippen LogP) is 5.28. The Labute approximate surface area is 253 Å².